The first-order valence-corrected chi connectivity index (χ1v) is 5.55. The maximum absolute atomic E-state index is 8.39. The lowest BCUT2D eigenvalue weighted by Gasteiger charge is -2.21. The third kappa shape index (κ3) is 9.44. The van der Waals surface area contributed by atoms with E-state index in [1.54, 1.807) is 0 Å². The van der Waals surface area contributed by atoms with E-state index in [9.17, 15) is 0 Å². The highest BCUT2D eigenvalue weighted by atomic mass is 16.3. The molecular weight excluding hydrogens is 198 g/mol. The summed E-state index contributed by atoms with van der Waals surface area (Å²) in [4.78, 5) is 0. The molecule has 90 valence electrons. The SMILES string of the molecule is C=CCc1ccccc1.C[N+](C)(C)CCO. The zero-order valence-electron chi connectivity index (χ0n) is 10.7. The summed E-state index contributed by atoms with van der Waals surface area (Å²) in [6, 6.07) is 10.3. The molecule has 0 spiro atoms. The summed E-state index contributed by atoms with van der Waals surface area (Å²) in [5.41, 5.74) is 1.33. The zero-order chi connectivity index (χ0) is 12.4. The molecule has 0 saturated heterocycles. The second kappa shape index (κ2) is 8.08. The van der Waals surface area contributed by atoms with Crippen LogP contribution in [0.25, 0.3) is 0 Å². The Morgan fingerprint density at radius 2 is 1.75 bits per heavy atom. The Morgan fingerprint density at radius 1 is 1.19 bits per heavy atom. The van der Waals surface area contributed by atoms with Crippen molar-refractivity contribution in [3.63, 3.8) is 0 Å². The molecule has 2 nitrogen and oxygen atoms in total. The molecule has 1 N–H and O–H groups in total. The van der Waals surface area contributed by atoms with Gasteiger partial charge in [-0.25, -0.2) is 0 Å². The molecule has 0 atom stereocenters. The number of benzene rings is 1. The maximum Gasteiger partial charge on any atom is 0.101 e. The summed E-state index contributed by atoms with van der Waals surface area (Å²) in [6.45, 7) is 4.77. The predicted octanol–water partition coefficient (Wildman–Crippen LogP) is 2.10. The van der Waals surface area contributed by atoms with Gasteiger partial charge in [0.2, 0.25) is 0 Å². The third-order valence-electron chi connectivity index (χ3n) is 1.99. The van der Waals surface area contributed by atoms with Crippen molar-refractivity contribution in [2.75, 3.05) is 34.3 Å². The summed E-state index contributed by atoms with van der Waals surface area (Å²) in [5, 5.41) is 8.39. The van der Waals surface area contributed by atoms with Crippen LogP contribution in [0.4, 0.5) is 0 Å². The summed E-state index contributed by atoms with van der Waals surface area (Å²) in [7, 11) is 6.16. The van der Waals surface area contributed by atoms with Gasteiger partial charge in [-0.3, -0.25) is 0 Å². The van der Waals surface area contributed by atoms with E-state index in [-0.39, 0.29) is 6.61 Å². The Morgan fingerprint density at radius 3 is 2.06 bits per heavy atom. The number of hydrogen-bond acceptors (Lipinski definition) is 1. The van der Waals surface area contributed by atoms with Gasteiger partial charge in [0.15, 0.2) is 0 Å². The first-order valence-electron chi connectivity index (χ1n) is 5.55. The summed E-state index contributed by atoms with van der Waals surface area (Å²) in [5.74, 6) is 0. The third-order valence-corrected chi connectivity index (χ3v) is 1.99. The van der Waals surface area contributed by atoms with Gasteiger partial charge in [-0.1, -0.05) is 36.4 Å². The van der Waals surface area contributed by atoms with Gasteiger partial charge < -0.3 is 9.59 Å². The number of aliphatic hydroxyl groups excluding tert-OH is 1. The van der Waals surface area contributed by atoms with Crippen molar-refractivity contribution in [3.05, 3.63) is 48.6 Å². The fourth-order valence-corrected chi connectivity index (χ4v) is 1.08. The number of hydrogen-bond donors (Lipinski definition) is 1. The van der Waals surface area contributed by atoms with E-state index < -0.39 is 0 Å². The topological polar surface area (TPSA) is 20.2 Å². The minimum Gasteiger partial charge on any atom is -0.391 e. The number of aliphatic hydroxyl groups is 1. The fourth-order valence-electron chi connectivity index (χ4n) is 1.08. The van der Waals surface area contributed by atoms with Crippen molar-refractivity contribution in [2.24, 2.45) is 0 Å². The number of nitrogens with zero attached hydrogens (tertiary/aromatic N) is 1. The summed E-state index contributed by atoms with van der Waals surface area (Å²) in [6.07, 6.45) is 2.89. The Kier molecular flexibility index (Phi) is 7.52. The fraction of sp³-hybridized carbons (Fsp3) is 0.429. The Balaban J connectivity index is 0.000000293. The Labute approximate surface area is 99.4 Å². The van der Waals surface area contributed by atoms with Gasteiger partial charge in [-0.05, 0) is 12.0 Å². The molecule has 2 heteroatoms. The lowest BCUT2D eigenvalue weighted by Crippen LogP contribution is -2.36. The molecule has 0 aromatic heterocycles. The van der Waals surface area contributed by atoms with E-state index in [1.165, 1.54) is 5.56 Å². The molecule has 0 fully saturated rings. The normalized spacial score (nSPS) is 10.2. The van der Waals surface area contributed by atoms with Crippen molar-refractivity contribution >= 4 is 0 Å². The van der Waals surface area contributed by atoms with Gasteiger partial charge in [0.1, 0.15) is 6.54 Å². The summed E-state index contributed by atoms with van der Waals surface area (Å²) < 4.78 is 0.844. The van der Waals surface area contributed by atoms with Crippen LogP contribution in [0.1, 0.15) is 5.56 Å². The Bertz CT molecular complexity index is 275. The molecule has 0 bridgehead atoms. The minimum absolute atomic E-state index is 0.281. The first kappa shape index (κ1) is 14.9. The van der Waals surface area contributed by atoms with Crippen molar-refractivity contribution in [1.82, 2.24) is 0 Å². The van der Waals surface area contributed by atoms with E-state index >= 15 is 0 Å². The van der Waals surface area contributed by atoms with E-state index in [2.05, 4.69) is 39.9 Å². The molecule has 0 aliphatic carbocycles. The van der Waals surface area contributed by atoms with Crippen LogP contribution in [0.2, 0.25) is 0 Å². The van der Waals surface area contributed by atoms with E-state index in [0.29, 0.717) is 0 Å². The minimum atomic E-state index is 0.281. The van der Waals surface area contributed by atoms with Crippen LogP contribution in [0.15, 0.2) is 43.0 Å². The quantitative estimate of drug-likeness (QED) is 0.611. The lowest BCUT2D eigenvalue weighted by atomic mass is 10.2. The van der Waals surface area contributed by atoms with Gasteiger partial charge in [0.25, 0.3) is 0 Å². The van der Waals surface area contributed by atoms with E-state index in [4.69, 9.17) is 5.11 Å². The second-order valence-electron chi connectivity index (χ2n) is 4.72. The molecule has 0 aliphatic heterocycles. The molecule has 0 amide bonds. The molecule has 1 aromatic rings. The molecule has 1 aromatic carbocycles. The molecule has 0 heterocycles. The molecular formula is C14H24NO+. The highest BCUT2D eigenvalue weighted by Crippen LogP contribution is 1.98. The Hall–Kier alpha value is -1.12. The second-order valence-corrected chi connectivity index (χ2v) is 4.72. The van der Waals surface area contributed by atoms with Crippen molar-refractivity contribution < 1.29 is 9.59 Å². The highest BCUT2D eigenvalue weighted by Gasteiger charge is 2.02. The number of quaternary nitrogens is 1. The lowest BCUT2D eigenvalue weighted by molar-refractivity contribution is -0.870. The van der Waals surface area contributed by atoms with Crippen LogP contribution < -0.4 is 0 Å². The molecule has 0 saturated carbocycles. The maximum atomic E-state index is 8.39. The van der Waals surface area contributed by atoms with Crippen LogP contribution in [0, 0.1) is 0 Å². The average molecular weight is 222 g/mol. The van der Waals surface area contributed by atoms with Gasteiger partial charge in [-0.2, -0.15) is 0 Å². The van der Waals surface area contributed by atoms with Gasteiger partial charge in [-0.15, -0.1) is 6.58 Å². The van der Waals surface area contributed by atoms with Crippen LogP contribution in [-0.4, -0.2) is 43.9 Å². The predicted molar refractivity (Wildman–Crippen MR) is 70.3 cm³/mol. The average Bonchev–Trinajstić information content (AvgIpc) is 2.19. The standard InChI is InChI=1S/C9H10.C5H14NO/c1-2-6-9-7-4-3-5-8-9;1-6(2,3)4-5-7/h2-5,7-8H,1,6H2;7H,4-5H2,1-3H3/q;+1. The monoisotopic (exact) mass is 222 g/mol. The molecule has 0 unspecified atom stereocenters. The van der Waals surface area contributed by atoms with Crippen molar-refractivity contribution in [3.8, 4) is 0 Å². The van der Waals surface area contributed by atoms with Crippen molar-refractivity contribution in [2.45, 2.75) is 6.42 Å². The number of allylic oxidation sites excluding steroid dienone is 1. The first-order chi connectivity index (χ1) is 7.49. The molecule has 16 heavy (non-hydrogen) atoms. The van der Waals surface area contributed by atoms with E-state index in [0.717, 1.165) is 17.4 Å². The van der Waals surface area contributed by atoms with Crippen LogP contribution in [-0.2, 0) is 6.42 Å². The van der Waals surface area contributed by atoms with Crippen molar-refractivity contribution in [1.29, 1.82) is 0 Å². The molecule has 1 rings (SSSR count). The number of likely N-dealkylation sites (N-methyl/N-ethyl adjacent to an activating group) is 1. The van der Waals surface area contributed by atoms with Gasteiger partial charge in [0.05, 0.1) is 27.7 Å². The number of rotatable bonds is 4. The molecule has 0 aliphatic rings. The van der Waals surface area contributed by atoms with Gasteiger partial charge in [0, 0.05) is 0 Å². The van der Waals surface area contributed by atoms with E-state index in [1.807, 2.05) is 24.3 Å². The van der Waals surface area contributed by atoms with Gasteiger partial charge >= 0.3 is 0 Å². The zero-order valence-corrected chi connectivity index (χ0v) is 10.7. The summed E-state index contributed by atoms with van der Waals surface area (Å²) >= 11 is 0. The van der Waals surface area contributed by atoms with Crippen LogP contribution in [0.5, 0.6) is 0 Å². The highest BCUT2D eigenvalue weighted by molar-refractivity contribution is 5.16. The van der Waals surface area contributed by atoms with Crippen LogP contribution in [0.3, 0.4) is 0 Å². The molecule has 0 radical (unpaired) electrons. The van der Waals surface area contributed by atoms with Crippen LogP contribution >= 0.6 is 0 Å². The largest absolute Gasteiger partial charge is 0.391 e. The smallest absolute Gasteiger partial charge is 0.101 e.